The number of aliphatic hydroxyl groups is 2. The first-order chi connectivity index (χ1) is 7.70. The second-order valence-electron chi connectivity index (χ2n) is 3.17. The maximum Gasteiger partial charge on any atom is 0.437 e. The fourth-order valence-electron chi connectivity index (χ4n) is 1.18. The molecule has 2 heterocycles. The number of nitrogens with zero attached hydrogens (tertiary/aromatic N) is 2. The maximum atomic E-state index is 11.3. The van der Waals surface area contributed by atoms with Crippen molar-refractivity contribution < 1.29 is 19.0 Å². The van der Waals surface area contributed by atoms with E-state index in [4.69, 9.17) is 19.0 Å². The summed E-state index contributed by atoms with van der Waals surface area (Å²) in [5.41, 5.74) is 0. The standard InChI is InChI=1S/C9H10N2O5/c12-5-6(13)4-11-9(14)16-8(10-11)7-2-1-3-15-7/h1-3,6,12-13H,4-5H2. The van der Waals surface area contributed by atoms with Gasteiger partial charge >= 0.3 is 5.76 Å². The van der Waals surface area contributed by atoms with Crippen LogP contribution in [0.4, 0.5) is 0 Å². The molecule has 0 aliphatic rings. The monoisotopic (exact) mass is 226 g/mol. The maximum absolute atomic E-state index is 11.3. The highest BCUT2D eigenvalue weighted by Gasteiger charge is 2.14. The van der Waals surface area contributed by atoms with Crippen LogP contribution >= 0.6 is 0 Å². The van der Waals surface area contributed by atoms with Crippen molar-refractivity contribution in [2.45, 2.75) is 12.6 Å². The first-order valence-electron chi connectivity index (χ1n) is 4.61. The second kappa shape index (κ2) is 4.33. The molecular formula is C9H10N2O5. The summed E-state index contributed by atoms with van der Waals surface area (Å²) in [6.45, 7) is -0.574. The van der Waals surface area contributed by atoms with Crippen molar-refractivity contribution in [3.05, 3.63) is 28.9 Å². The van der Waals surface area contributed by atoms with E-state index in [9.17, 15) is 4.79 Å². The van der Waals surface area contributed by atoms with Crippen LogP contribution in [0.15, 0.2) is 32.0 Å². The molecule has 1 unspecified atom stereocenters. The third kappa shape index (κ3) is 2.05. The van der Waals surface area contributed by atoms with Crippen LogP contribution in [0.1, 0.15) is 0 Å². The summed E-state index contributed by atoms with van der Waals surface area (Å²) in [5.74, 6) is -0.339. The quantitative estimate of drug-likeness (QED) is 0.725. The largest absolute Gasteiger partial charge is 0.459 e. The van der Waals surface area contributed by atoms with E-state index in [1.165, 1.54) is 6.26 Å². The average Bonchev–Trinajstić information content (AvgIpc) is 2.88. The predicted octanol–water partition coefficient (Wildman–Crippen LogP) is -0.551. The molecule has 7 nitrogen and oxygen atoms in total. The zero-order valence-electron chi connectivity index (χ0n) is 8.24. The Kier molecular flexibility index (Phi) is 2.88. The molecule has 2 N–H and O–H groups in total. The van der Waals surface area contributed by atoms with Crippen molar-refractivity contribution in [2.24, 2.45) is 0 Å². The Balaban J connectivity index is 2.26. The van der Waals surface area contributed by atoms with Crippen LogP contribution in [0.5, 0.6) is 0 Å². The van der Waals surface area contributed by atoms with Gasteiger partial charge in [0, 0.05) is 0 Å². The molecule has 1 atom stereocenters. The van der Waals surface area contributed by atoms with Crippen molar-refractivity contribution >= 4 is 0 Å². The summed E-state index contributed by atoms with van der Waals surface area (Å²) in [4.78, 5) is 11.3. The fraction of sp³-hybridized carbons (Fsp3) is 0.333. The van der Waals surface area contributed by atoms with E-state index in [-0.39, 0.29) is 12.4 Å². The predicted molar refractivity (Wildman–Crippen MR) is 51.6 cm³/mol. The zero-order valence-corrected chi connectivity index (χ0v) is 8.24. The molecule has 0 spiro atoms. The van der Waals surface area contributed by atoms with E-state index >= 15 is 0 Å². The Labute approximate surface area is 89.5 Å². The van der Waals surface area contributed by atoms with Gasteiger partial charge in [-0.05, 0) is 12.1 Å². The van der Waals surface area contributed by atoms with Crippen LogP contribution in [0.25, 0.3) is 11.7 Å². The summed E-state index contributed by atoms with van der Waals surface area (Å²) in [6, 6.07) is 3.23. The molecule has 2 aromatic rings. The number of aliphatic hydroxyl groups excluding tert-OH is 2. The van der Waals surface area contributed by atoms with Gasteiger partial charge in [-0.15, -0.1) is 5.10 Å². The lowest BCUT2D eigenvalue weighted by atomic mass is 10.4. The van der Waals surface area contributed by atoms with Crippen molar-refractivity contribution in [3.63, 3.8) is 0 Å². The van der Waals surface area contributed by atoms with Gasteiger partial charge in [-0.25, -0.2) is 4.79 Å². The molecule has 0 radical (unpaired) electrons. The first kappa shape index (κ1) is 10.7. The van der Waals surface area contributed by atoms with E-state index < -0.39 is 18.5 Å². The van der Waals surface area contributed by atoms with E-state index in [0.717, 1.165) is 4.68 Å². The van der Waals surface area contributed by atoms with Gasteiger partial charge in [-0.2, -0.15) is 4.68 Å². The molecule has 86 valence electrons. The summed E-state index contributed by atoms with van der Waals surface area (Å²) in [7, 11) is 0. The Morgan fingerprint density at radius 2 is 2.38 bits per heavy atom. The van der Waals surface area contributed by atoms with Crippen LogP contribution in [-0.4, -0.2) is 32.7 Å². The smallest absolute Gasteiger partial charge is 0.437 e. The minimum atomic E-state index is -1.05. The molecule has 0 aromatic carbocycles. The van der Waals surface area contributed by atoms with E-state index in [1.54, 1.807) is 12.1 Å². The van der Waals surface area contributed by atoms with Gasteiger partial charge in [0.1, 0.15) is 0 Å². The molecule has 2 aromatic heterocycles. The number of aromatic nitrogens is 2. The van der Waals surface area contributed by atoms with Crippen molar-refractivity contribution in [1.29, 1.82) is 0 Å². The molecular weight excluding hydrogens is 216 g/mol. The molecule has 2 rings (SSSR count). The summed E-state index contributed by atoms with van der Waals surface area (Å²) in [5, 5.41) is 21.6. The van der Waals surface area contributed by atoms with E-state index in [1.807, 2.05) is 0 Å². The fourth-order valence-corrected chi connectivity index (χ4v) is 1.18. The number of rotatable bonds is 4. The van der Waals surface area contributed by atoms with Crippen LogP contribution in [-0.2, 0) is 6.54 Å². The lowest BCUT2D eigenvalue weighted by molar-refractivity contribution is 0.0766. The molecule has 0 amide bonds. The third-order valence-electron chi connectivity index (χ3n) is 1.93. The van der Waals surface area contributed by atoms with Crippen molar-refractivity contribution in [1.82, 2.24) is 9.78 Å². The molecule has 16 heavy (non-hydrogen) atoms. The van der Waals surface area contributed by atoms with Crippen LogP contribution < -0.4 is 5.76 Å². The summed E-state index contributed by atoms with van der Waals surface area (Å²) in [6.07, 6.45) is 0.379. The highest BCUT2D eigenvalue weighted by atomic mass is 16.4. The number of furan rings is 1. The second-order valence-corrected chi connectivity index (χ2v) is 3.17. The molecule has 0 bridgehead atoms. The molecule has 0 saturated heterocycles. The van der Waals surface area contributed by atoms with Gasteiger partial charge < -0.3 is 19.0 Å². The number of hydrogen-bond acceptors (Lipinski definition) is 6. The van der Waals surface area contributed by atoms with Crippen LogP contribution in [0.3, 0.4) is 0 Å². The number of hydrogen-bond donors (Lipinski definition) is 2. The third-order valence-corrected chi connectivity index (χ3v) is 1.93. The lowest BCUT2D eigenvalue weighted by Gasteiger charge is -2.03. The minimum Gasteiger partial charge on any atom is -0.459 e. The van der Waals surface area contributed by atoms with E-state index in [2.05, 4.69) is 5.10 Å². The Morgan fingerprint density at radius 3 is 3.00 bits per heavy atom. The minimum absolute atomic E-state index is 0.0418. The normalized spacial score (nSPS) is 12.9. The molecule has 0 aliphatic carbocycles. The molecule has 0 saturated carbocycles. The van der Waals surface area contributed by atoms with Crippen LogP contribution in [0, 0.1) is 0 Å². The Morgan fingerprint density at radius 1 is 1.56 bits per heavy atom. The highest BCUT2D eigenvalue weighted by molar-refractivity contribution is 5.42. The van der Waals surface area contributed by atoms with Gasteiger partial charge in [-0.1, -0.05) is 0 Å². The zero-order chi connectivity index (χ0) is 11.5. The Hall–Kier alpha value is -1.86. The molecule has 0 aliphatic heterocycles. The van der Waals surface area contributed by atoms with Crippen molar-refractivity contribution in [3.8, 4) is 11.7 Å². The highest BCUT2D eigenvalue weighted by Crippen LogP contribution is 2.14. The van der Waals surface area contributed by atoms with Gasteiger partial charge in [0.25, 0.3) is 5.89 Å². The molecule has 7 heteroatoms. The van der Waals surface area contributed by atoms with Crippen molar-refractivity contribution in [2.75, 3.05) is 6.61 Å². The van der Waals surface area contributed by atoms with Gasteiger partial charge in [-0.3, -0.25) is 0 Å². The SMILES string of the molecule is O=c1oc(-c2ccco2)nn1CC(O)CO. The Bertz CT molecular complexity index is 498. The van der Waals surface area contributed by atoms with Gasteiger partial charge in [0.05, 0.1) is 25.5 Å². The van der Waals surface area contributed by atoms with E-state index in [0.29, 0.717) is 5.76 Å². The first-order valence-corrected chi connectivity index (χ1v) is 4.61. The van der Waals surface area contributed by atoms with Crippen LogP contribution in [0.2, 0.25) is 0 Å². The van der Waals surface area contributed by atoms with Gasteiger partial charge in [0.15, 0.2) is 5.76 Å². The summed E-state index contributed by atoms with van der Waals surface area (Å²) >= 11 is 0. The topological polar surface area (TPSA) is 102 Å². The lowest BCUT2D eigenvalue weighted by Crippen LogP contribution is -2.26. The average molecular weight is 226 g/mol. The summed E-state index contributed by atoms with van der Waals surface area (Å²) < 4.78 is 10.7. The molecule has 0 fully saturated rings. The van der Waals surface area contributed by atoms with Gasteiger partial charge in [0.2, 0.25) is 0 Å².